The number of halogens is 1. The van der Waals surface area contributed by atoms with Crippen molar-refractivity contribution in [2.75, 3.05) is 19.8 Å². The van der Waals surface area contributed by atoms with Crippen molar-refractivity contribution in [1.82, 2.24) is 9.97 Å². The molecule has 1 saturated heterocycles. The van der Waals surface area contributed by atoms with E-state index in [0.29, 0.717) is 23.6 Å². The summed E-state index contributed by atoms with van der Waals surface area (Å²) in [5.74, 6) is 1.18. The molecule has 0 unspecified atom stereocenters. The van der Waals surface area contributed by atoms with Gasteiger partial charge in [0, 0.05) is 13.2 Å². The Kier molecular flexibility index (Phi) is 4.57. The molecule has 1 aromatic heterocycles. The summed E-state index contributed by atoms with van der Waals surface area (Å²) in [6.45, 7) is 4.37. The molecule has 0 saturated carbocycles. The van der Waals surface area contributed by atoms with E-state index in [1.54, 1.807) is 0 Å². The van der Waals surface area contributed by atoms with Crippen LogP contribution >= 0.6 is 11.6 Å². The van der Waals surface area contributed by atoms with Gasteiger partial charge in [0.2, 0.25) is 5.88 Å². The third-order valence-corrected chi connectivity index (χ3v) is 3.33. The lowest BCUT2D eigenvalue weighted by molar-refractivity contribution is 0.0488. The molecule has 4 nitrogen and oxygen atoms in total. The van der Waals surface area contributed by atoms with Crippen LogP contribution < -0.4 is 4.74 Å². The second kappa shape index (κ2) is 6.17. The first-order valence-corrected chi connectivity index (χ1v) is 6.39. The van der Waals surface area contributed by atoms with Gasteiger partial charge in [0.1, 0.15) is 11.5 Å². The Bertz CT molecular complexity index is 368. The van der Waals surface area contributed by atoms with Crippen molar-refractivity contribution in [2.24, 2.45) is 5.92 Å². The van der Waals surface area contributed by atoms with Crippen molar-refractivity contribution in [3.05, 3.63) is 17.0 Å². The first kappa shape index (κ1) is 12.6. The van der Waals surface area contributed by atoms with Gasteiger partial charge in [-0.25, -0.2) is 9.97 Å². The molecule has 0 spiro atoms. The number of hydrogen-bond acceptors (Lipinski definition) is 4. The summed E-state index contributed by atoms with van der Waals surface area (Å²) >= 11 is 6.00. The van der Waals surface area contributed by atoms with Gasteiger partial charge in [0.15, 0.2) is 0 Å². The van der Waals surface area contributed by atoms with E-state index < -0.39 is 0 Å². The molecule has 0 amide bonds. The fourth-order valence-corrected chi connectivity index (χ4v) is 2.17. The number of aromatic nitrogens is 2. The molecular weight excluding hydrogens is 240 g/mol. The third kappa shape index (κ3) is 3.30. The van der Waals surface area contributed by atoms with Gasteiger partial charge < -0.3 is 9.47 Å². The Morgan fingerprint density at radius 3 is 2.88 bits per heavy atom. The minimum atomic E-state index is 0.490. The minimum Gasteiger partial charge on any atom is -0.477 e. The Balaban J connectivity index is 1.95. The number of rotatable bonds is 4. The zero-order chi connectivity index (χ0) is 12.1. The van der Waals surface area contributed by atoms with Crippen LogP contribution in [0.5, 0.6) is 5.88 Å². The second-order valence-corrected chi connectivity index (χ2v) is 4.53. The molecule has 17 heavy (non-hydrogen) atoms. The van der Waals surface area contributed by atoms with Crippen molar-refractivity contribution < 1.29 is 9.47 Å². The van der Waals surface area contributed by atoms with Crippen LogP contribution in [0.3, 0.4) is 0 Å². The van der Waals surface area contributed by atoms with Gasteiger partial charge in [0.25, 0.3) is 0 Å². The molecule has 2 heterocycles. The zero-order valence-corrected chi connectivity index (χ0v) is 10.7. The summed E-state index contributed by atoms with van der Waals surface area (Å²) in [6.07, 6.45) is 4.34. The van der Waals surface area contributed by atoms with Gasteiger partial charge in [-0.15, -0.1) is 0 Å². The molecular formula is C12H17ClN2O2. The maximum absolute atomic E-state index is 6.00. The average Bonchev–Trinajstić information content (AvgIpc) is 2.37. The highest BCUT2D eigenvalue weighted by molar-refractivity contribution is 6.30. The quantitative estimate of drug-likeness (QED) is 0.777. The molecule has 94 valence electrons. The van der Waals surface area contributed by atoms with Crippen molar-refractivity contribution in [3.63, 3.8) is 0 Å². The lowest BCUT2D eigenvalue weighted by atomic mass is 10.0. The molecule has 0 N–H and O–H groups in total. The Labute approximate surface area is 106 Å². The summed E-state index contributed by atoms with van der Waals surface area (Å²) < 4.78 is 11.1. The molecule has 5 heteroatoms. The lowest BCUT2D eigenvalue weighted by Crippen LogP contribution is -2.22. The molecule has 0 aliphatic carbocycles. The minimum absolute atomic E-state index is 0.490. The van der Waals surface area contributed by atoms with Crippen LogP contribution in [-0.4, -0.2) is 29.8 Å². The zero-order valence-electron chi connectivity index (χ0n) is 9.99. The molecule has 0 aromatic carbocycles. The van der Waals surface area contributed by atoms with Gasteiger partial charge in [-0.1, -0.05) is 18.5 Å². The molecule has 1 fully saturated rings. The van der Waals surface area contributed by atoms with Crippen LogP contribution in [0.4, 0.5) is 0 Å². The van der Waals surface area contributed by atoms with Crippen LogP contribution in [0, 0.1) is 5.92 Å². The molecule has 1 aliphatic heterocycles. The Morgan fingerprint density at radius 2 is 2.18 bits per heavy atom. The first-order valence-electron chi connectivity index (χ1n) is 6.01. The predicted molar refractivity (Wildman–Crippen MR) is 65.5 cm³/mol. The largest absolute Gasteiger partial charge is 0.477 e. The normalized spacial score (nSPS) is 17.1. The Morgan fingerprint density at radius 1 is 1.41 bits per heavy atom. The number of hydrogen-bond donors (Lipinski definition) is 0. The van der Waals surface area contributed by atoms with Crippen LogP contribution in [0.2, 0.25) is 5.15 Å². The number of ether oxygens (including phenoxy) is 2. The second-order valence-electron chi connectivity index (χ2n) is 4.17. The molecule has 1 aliphatic rings. The maximum atomic E-state index is 6.00. The topological polar surface area (TPSA) is 44.2 Å². The van der Waals surface area contributed by atoms with Gasteiger partial charge in [-0.2, -0.15) is 0 Å². The van der Waals surface area contributed by atoms with E-state index in [4.69, 9.17) is 21.1 Å². The van der Waals surface area contributed by atoms with Crippen LogP contribution in [0.1, 0.15) is 25.3 Å². The van der Waals surface area contributed by atoms with Gasteiger partial charge >= 0.3 is 0 Å². The standard InChI is InChI=1S/C12H17ClN2O2/c1-2-10-11(13)14-8-15-12(10)17-7-9-3-5-16-6-4-9/h8-9H,2-7H2,1H3. The van der Waals surface area contributed by atoms with Gasteiger partial charge in [-0.05, 0) is 25.2 Å². The lowest BCUT2D eigenvalue weighted by Gasteiger charge is -2.22. The number of nitrogens with zero attached hydrogens (tertiary/aromatic N) is 2. The van der Waals surface area contributed by atoms with Crippen molar-refractivity contribution in [1.29, 1.82) is 0 Å². The SMILES string of the molecule is CCc1c(Cl)ncnc1OCC1CCOCC1. The molecule has 1 aromatic rings. The van der Waals surface area contributed by atoms with Crippen molar-refractivity contribution >= 4 is 11.6 Å². The summed E-state index contributed by atoms with van der Waals surface area (Å²) in [7, 11) is 0. The van der Waals surface area contributed by atoms with Crippen molar-refractivity contribution in [3.8, 4) is 5.88 Å². The summed E-state index contributed by atoms with van der Waals surface area (Å²) in [5.41, 5.74) is 0.890. The molecule has 0 bridgehead atoms. The van der Waals surface area contributed by atoms with E-state index in [9.17, 15) is 0 Å². The summed E-state index contributed by atoms with van der Waals surface area (Å²) in [5, 5.41) is 0.490. The van der Waals surface area contributed by atoms with E-state index in [1.807, 2.05) is 6.92 Å². The van der Waals surface area contributed by atoms with Crippen LogP contribution in [0.15, 0.2) is 6.33 Å². The molecule has 2 rings (SSSR count). The smallest absolute Gasteiger partial charge is 0.221 e. The van der Waals surface area contributed by atoms with Crippen LogP contribution in [-0.2, 0) is 11.2 Å². The summed E-state index contributed by atoms with van der Waals surface area (Å²) in [4.78, 5) is 8.11. The third-order valence-electron chi connectivity index (χ3n) is 3.00. The van der Waals surface area contributed by atoms with Crippen LogP contribution in [0.25, 0.3) is 0 Å². The van der Waals surface area contributed by atoms with Crippen molar-refractivity contribution in [2.45, 2.75) is 26.2 Å². The fraction of sp³-hybridized carbons (Fsp3) is 0.667. The molecule has 0 atom stereocenters. The van der Waals surface area contributed by atoms with Gasteiger partial charge in [0.05, 0.1) is 12.2 Å². The van der Waals surface area contributed by atoms with E-state index in [-0.39, 0.29) is 0 Å². The highest BCUT2D eigenvalue weighted by Gasteiger charge is 2.16. The molecule has 0 radical (unpaired) electrons. The highest BCUT2D eigenvalue weighted by Crippen LogP contribution is 2.23. The first-order chi connectivity index (χ1) is 8.31. The van der Waals surface area contributed by atoms with E-state index in [0.717, 1.165) is 38.0 Å². The van der Waals surface area contributed by atoms with Gasteiger partial charge in [-0.3, -0.25) is 0 Å². The monoisotopic (exact) mass is 256 g/mol. The fourth-order valence-electron chi connectivity index (χ4n) is 1.91. The summed E-state index contributed by atoms with van der Waals surface area (Å²) in [6, 6.07) is 0. The van der Waals surface area contributed by atoms with E-state index in [1.165, 1.54) is 6.33 Å². The Hall–Kier alpha value is -0.870. The van der Waals surface area contributed by atoms with E-state index in [2.05, 4.69) is 9.97 Å². The highest BCUT2D eigenvalue weighted by atomic mass is 35.5. The predicted octanol–water partition coefficient (Wildman–Crippen LogP) is 2.50. The van der Waals surface area contributed by atoms with E-state index >= 15 is 0 Å². The average molecular weight is 257 g/mol. The maximum Gasteiger partial charge on any atom is 0.221 e.